The first-order valence-electron chi connectivity index (χ1n) is 11.7. The molecule has 166 valence electrons. The fourth-order valence-corrected chi connectivity index (χ4v) is 5.13. The molecular formula is C26H30N4O2. The molecule has 5 rings (SSSR count). The highest BCUT2D eigenvalue weighted by molar-refractivity contribution is 5.99. The summed E-state index contributed by atoms with van der Waals surface area (Å²) in [5.41, 5.74) is 2.67. The zero-order chi connectivity index (χ0) is 22.0. The van der Waals surface area contributed by atoms with Crippen molar-refractivity contribution in [3.63, 3.8) is 0 Å². The molecule has 0 aliphatic carbocycles. The van der Waals surface area contributed by atoms with Crippen molar-refractivity contribution in [1.82, 2.24) is 14.8 Å². The molecule has 6 heteroatoms. The molecule has 0 bridgehead atoms. The molecule has 0 spiro atoms. The molecule has 1 saturated heterocycles. The van der Waals surface area contributed by atoms with Gasteiger partial charge in [-0.15, -0.1) is 10.2 Å². The molecule has 1 atom stereocenters. The summed E-state index contributed by atoms with van der Waals surface area (Å²) in [6, 6.07) is 18.5. The van der Waals surface area contributed by atoms with E-state index in [0.29, 0.717) is 32.0 Å². The van der Waals surface area contributed by atoms with Crippen molar-refractivity contribution in [2.24, 2.45) is 0 Å². The van der Waals surface area contributed by atoms with Gasteiger partial charge < -0.3 is 14.6 Å². The smallest absolute Gasteiger partial charge is 0.235 e. The highest BCUT2D eigenvalue weighted by atomic mass is 16.5. The van der Waals surface area contributed by atoms with Gasteiger partial charge in [0.1, 0.15) is 11.6 Å². The second-order valence-electron chi connectivity index (χ2n) is 8.87. The molecule has 0 saturated carbocycles. The topological polar surface area (TPSA) is 69.0 Å². The lowest BCUT2D eigenvalue weighted by molar-refractivity contribution is -0.125. The zero-order valence-corrected chi connectivity index (χ0v) is 18.6. The second-order valence-corrected chi connectivity index (χ2v) is 8.87. The lowest BCUT2D eigenvalue weighted by Gasteiger charge is -2.36. The zero-order valence-electron chi connectivity index (χ0n) is 18.6. The fraction of sp³-hybridized carbons (Fsp3) is 0.423. The third-order valence-corrected chi connectivity index (χ3v) is 7.09. The quantitative estimate of drug-likeness (QED) is 0.657. The lowest BCUT2D eigenvalue weighted by atomic mass is 9.73. The van der Waals surface area contributed by atoms with Crippen LogP contribution < -0.4 is 5.32 Å². The van der Waals surface area contributed by atoms with Crippen LogP contribution in [-0.2, 0) is 34.3 Å². The first-order valence-corrected chi connectivity index (χ1v) is 11.7. The van der Waals surface area contributed by atoms with Crippen molar-refractivity contribution >= 4 is 11.6 Å². The lowest BCUT2D eigenvalue weighted by Crippen LogP contribution is -2.44. The largest absolute Gasteiger partial charge is 0.381 e. The fourth-order valence-electron chi connectivity index (χ4n) is 5.13. The highest BCUT2D eigenvalue weighted by Crippen LogP contribution is 2.36. The molecule has 1 N–H and O–H groups in total. The summed E-state index contributed by atoms with van der Waals surface area (Å²) >= 11 is 0. The van der Waals surface area contributed by atoms with Crippen molar-refractivity contribution in [3.8, 4) is 0 Å². The molecule has 1 aromatic heterocycles. The summed E-state index contributed by atoms with van der Waals surface area (Å²) in [4.78, 5) is 13.5. The SMILES string of the molecule is CCc1nnc2n1C[C@@H](c1ccc(NC(=O)C3(c4ccccc4)CCOCC3)cc1)CC2. The molecule has 2 aromatic carbocycles. The van der Waals surface area contributed by atoms with E-state index in [2.05, 4.69) is 51.3 Å². The van der Waals surface area contributed by atoms with Crippen LogP contribution in [0.25, 0.3) is 0 Å². The van der Waals surface area contributed by atoms with Crippen LogP contribution in [0, 0.1) is 0 Å². The number of aromatic nitrogens is 3. The van der Waals surface area contributed by atoms with E-state index in [9.17, 15) is 4.79 Å². The second kappa shape index (κ2) is 8.87. The van der Waals surface area contributed by atoms with Gasteiger partial charge in [0, 0.05) is 44.2 Å². The average Bonchev–Trinajstić information content (AvgIpc) is 3.28. The maximum atomic E-state index is 13.5. The molecule has 6 nitrogen and oxygen atoms in total. The summed E-state index contributed by atoms with van der Waals surface area (Å²) in [6.07, 6.45) is 4.33. The Balaban J connectivity index is 1.32. The van der Waals surface area contributed by atoms with E-state index in [4.69, 9.17) is 4.74 Å². The molecule has 1 fully saturated rings. The molecule has 2 aliphatic heterocycles. The van der Waals surface area contributed by atoms with Crippen molar-refractivity contribution in [1.29, 1.82) is 0 Å². The molecular weight excluding hydrogens is 400 g/mol. The normalized spacial score (nSPS) is 19.8. The van der Waals surface area contributed by atoms with Crippen molar-refractivity contribution in [2.75, 3.05) is 18.5 Å². The minimum atomic E-state index is -0.539. The molecule has 3 heterocycles. The van der Waals surface area contributed by atoms with Crippen LogP contribution in [0.1, 0.15) is 54.9 Å². The Kier molecular flexibility index (Phi) is 5.79. The number of nitrogens with one attached hydrogen (secondary N) is 1. The number of hydrogen-bond donors (Lipinski definition) is 1. The predicted octanol–water partition coefficient (Wildman–Crippen LogP) is 4.26. The summed E-state index contributed by atoms with van der Waals surface area (Å²) in [6.45, 7) is 4.26. The van der Waals surface area contributed by atoms with Gasteiger partial charge in [0.05, 0.1) is 5.41 Å². The number of benzene rings is 2. The number of hydrogen-bond acceptors (Lipinski definition) is 4. The number of amides is 1. The molecule has 1 amide bonds. The monoisotopic (exact) mass is 430 g/mol. The molecule has 0 unspecified atom stereocenters. The van der Waals surface area contributed by atoms with Crippen LogP contribution in [0.5, 0.6) is 0 Å². The molecule has 2 aliphatic rings. The van der Waals surface area contributed by atoms with Gasteiger partial charge in [-0.05, 0) is 42.5 Å². The number of carbonyl (C=O) groups is 1. The van der Waals surface area contributed by atoms with Crippen LogP contribution in [0.15, 0.2) is 54.6 Å². The van der Waals surface area contributed by atoms with Gasteiger partial charge in [-0.2, -0.15) is 0 Å². The van der Waals surface area contributed by atoms with Crippen molar-refractivity contribution in [3.05, 3.63) is 77.4 Å². The Morgan fingerprint density at radius 1 is 1.09 bits per heavy atom. The number of ether oxygens (including phenoxy) is 1. The summed E-state index contributed by atoms with van der Waals surface area (Å²) in [5.74, 6) is 2.67. The Hall–Kier alpha value is -2.99. The number of anilines is 1. The van der Waals surface area contributed by atoms with Crippen LogP contribution >= 0.6 is 0 Å². The summed E-state index contributed by atoms with van der Waals surface area (Å²) in [7, 11) is 0. The molecule has 3 aromatic rings. The first kappa shape index (κ1) is 20.9. The van der Waals surface area contributed by atoms with Gasteiger partial charge in [0.25, 0.3) is 0 Å². The van der Waals surface area contributed by atoms with Crippen molar-refractivity contribution in [2.45, 2.75) is 56.9 Å². The predicted molar refractivity (Wildman–Crippen MR) is 124 cm³/mol. The first-order chi connectivity index (χ1) is 15.7. The average molecular weight is 431 g/mol. The van der Waals surface area contributed by atoms with Gasteiger partial charge in [-0.25, -0.2) is 0 Å². The Morgan fingerprint density at radius 2 is 1.84 bits per heavy atom. The van der Waals surface area contributed by atoms with Crippen LogP contribution in [-0.4, -0.2) is 33.9 Å². The maximum Gasteiger partial charge on any atom is 0.235 e. The van der Waals surface area contributed by atoms with E-state index in [1.165, 1.54) is 5.56 Å². The van der Waals surface area contributed by atoms with E-state index in [-0.39, 0.29) is 5.91 Å². The minimum absolute atomic E-state index is 0.0548. The number of nitrogens with zero attached hydrogens (tertiary/aromatic N) is 3. The molecule has 0 radical (unpaired) electrons. The van der Waals surface area contributed by atoms with Gasteiger partial charge in [-0.1, -0.05) is 49.4 Å². The van der Waals surface area contributed by atoms with Gasteiger partial charge in [0.15, 0.2) is 0 Å². The van der Waals surface area contributed by atoms with E-state index in [1.807, 2.05) is 30.3 Å². The van der Waals surface area contributed by atoms with Gasteiger partial charge in [-0.3, -0.25) is 4.79 Å². The van der Waals surface area contributed by atoms with E-state index in [0.717, 1.165) is 48.7 Å². The van der Waals surface area contributed by atoms with E-state index >= 15 is 0 Å². The number of aryl methyl sites for hydroxylation is 2. The van der Waals surface area contributed by atoms with Gasteiger partial charge in [0.2, 0.25) is 5.91 Å². The highest BCUT2D eigenvalue weighted by Gasteiger charge is 2.41. The van der Waals surface area contributed by atoms with E-state index < -0.39 is 5.41 Å². The van der Waals surface area contributed by atoms with E-state index in [1.54, 1.807) is 0 Å². The van der Waals surface area contributed by atoms with Crippen LogP contribution in [0.4, 0.5) is 5.69 Å². The third kappa shape index (κ3) is 3.84. The standard InChI is InChI=1S/C26H30N4O2/c1-2-23-28-29-24-13-10-20(18-30(23)24)19-8-11-22(12-9-19)27-25(31)26(14-16-32-17-15-26)21-6-4-3-5-7-21/h3-9,11-12,20H,2,10,13-18H2,1H3,(H,27,31)/t20-/m0/s1. The van der Waals surface area contributed by atoms with Crippen molar-refractivity contribution < 1.29 is 9.53 Å². The summed E-state index contributed by atoms with van der Waals surface area (Å²) < 4.78 is 7.85. The van der Waals surface area contributed by atoms with Gasteiger partial charge >= 0.3 is 0 Å². The van der Waals surface area contributed by atoms with Crippen LogP contribution in [0.3, 0.4) is 0 Å². The minimum Gasteiger partial charge on any atom is -0.381 e. The molecule has 32 heavy (non-hydrogen) atoms. The maximum absolute atomic E-state index is 13.5. The Labute approximate surface area is 189 Å². The Morgan fingerprint density at radius 3 is 2.56 bits per heavy atom. The summed E-state index contributed by atoms with van der Waals surface area (Å²) in [5, 5.41) is 11.8. The number of fused-ring (bicyclic) bond motifs is 1. The Bertz CT molecular complexity index is 1060. The number of rotatable bonds is 5. The number of carbonyl (C=O) groups excluding carboxylic acids is 1. The third-order valence-electron chi connectivity index (χ3n) is 7.09. The van der Waals surface area contributed by atoms with Crippen LogP contribution in [0.2, 0.25) is 0 Å².